The number of hydrogen-bond acceptors (Lipinski definition) is 5. The van der Waals surface area contributed by atoms with Crippen LogP contribution in [0.25, 0.3) is 11.1 Å². The number of nitrogens with one attached hydrogen (secondary N) is 1. The first kappa shape index (κ1) is 21.3. The van der Waals surface area contributed by atoms with Crippen molar-refractivity contribution in [2.24, 2.45) is 0 Å². The number of rotatable bonds is 5. The van der Waals surface area contributed by atoms with Gasteiger partial charge in [0, 0.05) is 19.3 Å². The summed E-state index contributed by atoms with van der Waals surface area (Å²) in [5.74, 6) is -0.431. The Kier molecular flexibility index (Phi) is 6.28. The van der Waals surface area contributed by atoms with Crippen molar-refractivity contribution in [1.82, 2.24) is 5.32 Å². The average molecular weight is 424 g/mol. The molecule has 0 aromatic heterocycles. The van der Waals surface area contributed by atoms with E-state index in [2.05, 4.69) is 10.1 Å². The van der Waals surface area contributed by atoms with Crippen molar-refractivity contribution >= 4 is 22.2 Å². The van der Waals surface area contributed by atoms with Gasteiger partial charge in [-0.15, -0.1) is 25.6 Å². The van der Waals surface area contributed by atoms with Gasteiger partial charge in [-0.1, -0.05) is 18.2 Å². The van der Waals surface area contributed by atoms with Crippen LogP contribution in [0.2, 0.25) is 0 Å². The predicted octanol–water partition coefficient (Wildman–Crippen LogP) is 3.43. The maximum atomic E-state index is 12.7. The third-order valence-electron chi connectivity index (χ3n) is 3.82. The summed E-state index contributed by atoms with van der Waals surface area (Å²) in [5.41, 5.74) is 1.00. The van der Waals surface area contributed by atoms with Crippen molar-refractivity contribution in [3.05, 3.63) is 42.5 Å². The fraction of sp³-hybridized carbons (Fsp3) is 0.294. The van der Waals surface area contributed by atoms with Gasteiger partial charge in [-0.2, -0.15) is 0 Å². The first-order valence-corrected chi connectivity index (χ1v) is 9.59. The van der Waals surface area contributed by atoms with Gasteiger partial charge in [0.2, 0.25) is 0 Å². The molecule has 3 rings (SSSR count). The highest BCUT2D eigenvalue weighted by molar-refractivity contribution is 7.90. The number of sulfone groups is 1. The van der Waals surface area contributed by atoms with Crippen molar-refractivity contribution in [3.8, 4) is 22.6 Å². The zero-order valence-electron chi connectivity index (χ0n) is 14.1. The molecule has 10 heteroatoms. The summed E-state index contributed by atoms with van der Waals surface area (Å²) in [7, 11) is -3.35. The Bertz CT molecular complexity index is 897. The lowest BCUT2D eigenvalue weighted by Crippen LogP contribution is -2.50. The summed E-state index contributed by atoms with van der Waals surface area (Å²) in [6.07, 6.45) is -3.97. The summed E-state index contributed by atoms with van der Waals surface area (Å²) in [6.45, 7) is 1.11. The Morgan fingerprint density at radius 1 is 1.00 bits per heavy atom. The van der Waals surface area contributed by atoms with Crippen LogP contribution < -0.4 is 14.8 Å². The van der Waals surface area contributed by atoms with E-state index in [0.717, 1.165) is 6.26 Å². The molecule has 1 N–H and O–H groups in total. The molecule has 0 bridgehead atoms. The van der Waals surface area contributed by atoms with Crippen LogP contribution in [0, 0.1) is 0 Å². The molecule has 0 amide bonds. The molecule has 0 unspecified atom stereocenters. The van der Waals surface area contributed by atoms with E-state index in [1.807, 2.05) is 0 Å². The fourth-order valence-corrected chi connectivity index (χ4v) is 3.04. The molecule has 1 aliphatic heterocycles. The van der Waals surface area contributed by atoms with Crippen LogP contribution in [0.3, 0.4) is 0 Å². The van der Waals surface area contributed by atoms with E-state index < -0.39 is 21.9 Å². The molecule has 1 heterocycles. The van der Waals surface area contributed by atoms with Gasteiger partial charge >= 0.3 is 6.36 Å². The van der Waals surface area contributed by atoms with E-state index in [-0.39, 0.29) is 29.2 Å². The molecule has 148 valence electrons. The van der Waals surface area contributed by atoms with Gasteiger partial charge < -0.3 is 14.8 Å². The topological polar surface area (TPSA) is 64.6 Å². The maximum absolute atomic E-state index is 12.7. The van der Waals surface area contributed by atoms with Crippen molar-refractivity contribution in [1.29, 1.82) is 0 Å². The molecule has 2 aromatic rings. The van der Waals surface area contributed by atoms with Crippen LogP contribution in [0.1, 0.15) is 0 Å². The molecule has 0 aliphatic carbocycles. The highest BCUT2D eigenvalue weighted by Gasteiger charge is 2.33. The molecule has 0 saturated carbocycles. The molecule has 1 aliphatic rings. The summed E-state index contributed by atoms with van der Waals surface area (Å²) in [6, 6.07) is 10.1. The normalized spacial score (nSPS) is 14.8. The highest BCUT2D eigenvalue weighted by atomic mass is 35.5. The molecular weight excluding hydrogens is 407 g/mol. The quantitative estimate of drug-likeness (QED) is 0.798. The van der Waals surface area contributed by atoms with Gasteiger partial charge in [-0.25, -0.2) is 8.42 Å². The van der Waals surface area contributed by atoms with Crippen LogP contribution in [-0.4, -0.2) is 40.2 Å². The van der Waals surface area contributed by atoms with Gasteiger partial charge in [-0.3, -0.25) is 0 Å². The lowest BCUT2D eigenvalue weighted by atomic mass is 10.1. The Morgan fingerprint density at radius 2 is 1.59 bits per heavy atom. The van der Waals surface area contributed by atoms with Crippen molar-refractivity contribution in [2.75, 3.05) is 19.3 Å². The van der Waals surface area contributed by atoms with E-state index in [9.17, 15) is 21.6 Å². The molecular formula is C17H17ClF3NO4S. The summed E-state index contributed by atoms with van der Waals surface area (Å²) >= 11 is 0. The molecule has 27 heavy (non-hydrogen) atoms. The largest absolute Gasteiger partial charge is 0.573 e. The second kappa shape index (κ2) is 7.95. The average Bonchev–Trinajstić information content (AvgIpc) is 2.49. The van der Waals surface area contributed by atoms with Crippen LogP contribution in [0.5, 0.6) is 11.5 Å². The van der Waals surface area contributed by atoms with Crippen LogP contribution >= 0.6 is 12.4 Å². The van der Waals surface area contributed by atoms with E-state index in [4.69, 9.17) is 4.74 Å². The van der Waals surface area contributed by atoms with Gasteiger partial charge in [0.25, 0.3) is 0 Å². The van der Waals surface area contributed by atoms with Crippen LogP contribution in [0.15, 0.2) is 47.4 Å². The molecule has 0 radical (unpaired) electrons. The van der Waals surface area contributed by atoms with Gasteiger partial charge in [0.15, 0.2) is 21.3 Å². The SMILES string of the molecule is CS(=O)(=O)c1ccc(-c2ccc(OC3CNC3)c(OC(F)(F)F)c2)cc1.Cl. The Morgan fingerprint density at radius 3 is 2.07 bits per heavy atom. The number of halogens is 4. The van der Waals surface area contributed by atoms with E-state index in [0.29, 0.717) is 24.2 Å². The summed E-state index contributed by atoms with van der Waals surface area (Å²) in [4.78, 5) is 0.130. The van der Waals surface area contributed by atoms with Crippen LogP contribution in [-0.2, 0) is 9.84 Å². The molecule has 1 saturated heterocycles. The van der Waals surface area contributed by atoms with Crippen LogP contribution in [0.4, 0.5) is 13.2 Å². The minimum absolute atomic E-state index is 0. The highest BCUT2D eigenvalue weighted by Crippen LogP contribution is 2.37. The lowest BCUT2D eigenvalue weighted by Gasteiger charge is -2.28. The van der Waals surface area contributed by atoms with Crippen molar-refractivity contribution in [3.63, 3.8) is 0 Å². The molecule has 5 nitrogen and oxygen atoms in total. The van der Waals surface area contributed by atoms with Gasteiger partial charge in [0.1, 0.15) is 6.10 Å². The smallest absolute Gasteiger partial charge is 0.484 e. The fourth-order valence-electron chi connectivity index (χ4n) is 2.41. The zero-order chi connectivity index (χ0) is 18.9. The molecule has 0 atom stereocenters. The predicted molar refractivity (Wildman–Crippen MR) is 96.2 cm³/mol. The van der Waals surface area contributed by atoms with E-state index in [1.54, 1.807) is 6.07 Å². The second-order valence-corrected chi connectivity index (χ2v) is 7.92. The zero-order valence-corrected chi connectivity index (χ0v) is 15.7. The Hall–Kier alpha value is -1.97. The van der Waals surface area contributed by atoms with E-state index in [1.165, 1.54) is 36.4 Å². The number of alkyl halides is 3. The summed E-state index contributed by atoms with van der Waals surface area (Å²) < 4.78 is 70.8. The Labute approximate surface area is 160 Å². The molecule has 1 fully saturated rings. The van der Waals surface area contributed by atoms with Crippen molar-refractivity contribution < 1.29 is 31.1 Å². The van der Waals surface area contributed by atoms with E-state index >= 15 is 0 Å². The first-order chi connectivity index (χ1) is 12.1. The molecule has 0 spiro atoms. The van der Waals surface area contributed by atoms with Gasteiger partial charge in [-0.05, 0) is 35.4 Å². The monoisotopic (exact) mass is 423 g/mol. The first-order valence-electron chi connectivity index (χ1n) is 7.69. The third-order valence-corrected chi connectivity index (χ3v) is 4.95. The standard InChI is InChI=1S/C17H16F3NO4S.ClH/c1-26(22,23)14-5-2-11(3-6-14)12-4-7-15(24-13-9-21-10-13)16(8-12)25-17(18,19)20;/h2-8,13,21H,9-10H2,1H3;1H. The maximum Gasteiger partial charge on any atom is 0.573 e. The molecule has 2 aromatic carbocycles. The van der Waals surface area contributed by atoms with Gasteiger partial charge in [0.05, 0.1) is 4.90 Å². The number of hydrogen-bond donors (Lipinski definition) is 1. The minimum Gasteiger partial charge on any atom is -0.484 e. The Balaban J connectivity index is 0.00000261. The van der Waals surface area contributed by atoms with Crippen molar-refractivity contribution in [2.45, 2.75) is 17.4 Å². The number of benzene rings is 2. The summed E-state index contributed by atoms with van der Waals surface area (Å²) in [5, 5.41) is 2.97. The third kappa shape index (κ3) is 5.50. The number of ether oxygens (including phenoxy) is 2. The second-order valence-electron chi connectivity index (χ2n) is 5.90. The lowest BCUT2D eigenvalue weighted by molar-refractivity contribution is -0.275. The minimum atomic E-state index is -4.85.